The summed E-state index contributed by atoms with van der Waals surface area (Å²) in [6, 6.07) is -0.897. The van der Waals surface area contributed by atoms with Crippen molar-refractivity contribution in [3.63, 3.8) is 0 Å². The Balaban J connectivity index is 1.77. The molecule has 3 rings (SSSR count). The number of amides is 3. The molecule has 0 bridgehead atoms. The summed E-state index contributed by atoms with van der Waals surface area (Å²) in [4.78, 5) is 53.2. The number of aliphatic carboxylic acids is 1. The Hall–Kier alpha value is -3.06. The molecule has 2 atom stereocenters. The van der Waals surface area contributed by atoms with Crippen molar-refractivity contribution in [1.29, 1.82) is 0 Å². The van der Waals surface area contributed by atoms with Gasteiger partial charge in [-0.15, -0.1) is 23.1 Å². The largest absolute Gasteiger partial charge is 0.477 e. The lowest BCUT2D eigenvalue weighted by Crippen LogP contribution is -2.70. The minimum absolute atomic E-state index is 0.204. The Bertz CT molecular complexity index is 972. The zero-order valence-electron chi connectivity index (χ0n) is 15.8. The van der Waals surface area contributed by atoms with Crippen LogP contribution in [0.4, 0.5) is 9.93 Å². The van der Waals surface area contributed by atoms with E-state index in [1.807, 2.05) is 6.92 Å². The molecule has 0 saturated carbocycles. The Labute approximate surface area is 179 Å². The summed E-state index contributed by atoms with van der Waals surface area (Å²) in [5.74, 6) is -2.19. The van der Waals surface area contributed by atoms with Crippen LogP contribution in [0.2, 0.25) is 0 Å². The molecule has 1 saturated heterocycles. The number of hydrogen-bond donors (Lipinski definition) is 4. The highest BCUT2D eigenvalue weighted by Gasteiger charge is 2.54. The number of carbonyl (C=O) groups is 4. The predicted molar refractivity (Wildman–Crippen MR) is 110 cm³/mol. The summed E-state index contributed by atoms with van der Waals surface area (Å²) < 4.78 is 4.68. The van der Waals surface area contributed by atoms with Gasteiger partial charge in [-0.1, -0.05) is 13.0 Å². The molecule has 160 valence electrons. The number of nitrogens with zero attached hydrogens (tertiary/aromatic N) is 2. The van der Waals surface area contributed by atoms with Crippen molar-refractivity contribution >= 4 is 57.7 Å². The Morgan fingerprint density at radius 1 is 1.47 bits per heavy atom. The standard InChI is InChI=1S/C17H19N5O6S2/c1-2-3-8(9-6-30-16(18)20-9)12(23)21-10-13(24)22-11(15(25)26)7(4-28-17(19)27)5-29-14(10)22/h3,6,10,14H,2,4-5H2,1H3,(H2,18,20)(H2,19,27)(H,21,23)(H,25,26)/b8-3+/t10-,14+/m0/s1. The van der Waals surface area contributed by atoms with Gasteiger partial charge in [0.1, 0.15) is 23.7 Å². The molecule has 2 aliphatic heterocycles. The summed E-state index contributed by atoms with van der Waals surface area (Å²) in [5.41, 5.74) is 11.3. The van der Waals surface area contributed by atoms with E-state index in [-0.39, 0.29) is 23.6 Å². The zero-order chi connectivity index (χ0) is 22.0. The molecule has 0 spiro atoms. The smallest absolute Gasteiger partial charge is 0.404 e. The molecule has 3 amide bonds. The number of fused-ring (bicyclic) bond motifs is 1. The van der Waals surface area contributed by atoms with Gasteiger partial charge in [0.25, 0.3) is 11.8 Å². The Morgan fingerprint density at radius 2 is 2.20 bits per heavy atom. The van der Waals surface area contributed by atoms with Gasteiger partial charge in [-0.3, -0.25) is 14.5 Å². The van der Waals surface area contributed by atoms with Crippen molar-refractivity contribution in [1.82, 2.24) is 15.2 Å². The summed E-state index contributed by atoms with van der Waals surface area (Å²) in [6.07, 6.45) is 1.20. The van der Waals surface area contributed by atoms with Gasteiger partial charge >= 0.3 is 12.1 Å². The number of primary amides is 1. The van der Waals surface area contributed by atoms with Gasteiger partial charge in [0, 0.05) is 16.7 Å². The number of β-lactam (4-membered cyclic amide) rings is 1. The van der Waals surface area contributed by atoms with Crippen LogP contribution in [0.1, 0.15) is 19.0 Å². The third kappa shape index (κ3) is 4.11. The van der Waals surface area contributed by atoms with Crippen LogP contribution in [-0.4, -0.2) is 62.6 Å². The molecule has 1 aromatic rings. The molecule has 11 nitrogen and oxygen atoms in total. The lowest BCUT2D eigenvalue weighted by Gasteiger charge is -2.49. The number of anilines is 1. The fraction of sp³-hybridized carbons (Fsp3) is 0.353. The van der Waals surface area contributed by atoms with Crippen LogP contribution < -0.4 is 16.8 Å². The van der Waals surface area contributed by atoms with E-state index in [0.29, 0.717) is 22.8 Å². The second-order valence-corrected chi connectivity index (χ2v) is 8.32. The molecule has 0 radical (unpaired) electrons. The van der Waals surface area contributed by atoms with E-state index in [0.717, 1.165) is 4.90 Å². The quantitative estimate of drug-likeness (QED) is 0.335. The molecular formula is C17H19N5O6S2. The number of carbonyl (C=O) groups excluding carboxylic acids is 3. The second-order valence-electron chi connectivity index (χ2n) is 6.32. The number of ether oxygens (including phenoxy) is 1. The topological polar surface area (TPSA) is 178 Å². The number of aromatic nitrogens is 1. The summed E-state index contributed by atoms with van der Waals surface area (Å²) >= 11 is 2.45. The number of hydrogen-bond acceptors (Lipinski definition) is 9. The first-order valence-electron chi connectivity index (χ1n) is 8.79. The molecular weight excluding hydrogens is 434 g/mol. The number of allylic oxidation sites excluding steroid dienone is 1. The number of nitrogens with two attached hydrogens (primary N) is 2. The number of nitrogen functional groups attached to an aromatic ring is 1. The van der Waals surface area contributed by atoms with Crippen molar-refractivity contribution in [2.75, 3.05) is 18.1 Å². The first-order valence-corrected chi connectivity index (χ1v) is 10.7. The fourth-order valence-corrected chi connectivity index (χ4v) is 4.99. The molecule has 1 fully saturated rings. The van der Waals surface area contributed by atoms with Crippen LogP contribution in [-0.2, 0) is 19.1 Å². The van der Waals surface area contributed by atoms with Crippen molar-refractivity contribution in [2.24, 2.45) is 5.73 Å². The van der Waals surface area contributed by atoms with Gasteiger partial charge in [-0.25, -0.2) is 14.6 Å². The molecule has 0 aliphatic carbocycles. The maximum absolute atomic E-state index is 12.8. The predicted octanol–water partition coefficient (Wildman–Crippen LogP) is 0.353. The summed E-state index contributed by atoms with van der Waals surface area (Å²) in [5, 5.41) is 13.6. The van der Waals surface area contributed by atoms with Gasteiger partial charge in [-0.05, 0) is 6.42 Å². The van der Waals surface area contributed by atoms with Crippen LogP contribution in [0.3, 0.4) is 0 Å². The number of thioether (sulfide) groups is 1. The lowest BCUT2D eigenvalue weighted by atomic mass is 10.0. The molecule has 0 aromatic carbocycles. The van der Waals surface area contributed by atoms with Crippen LogP contribution in [0.5, 0.6) is 0 Å². The van der Waals surface area contributed by atoms with Gasteiger partial charge in [0.2, 0.25) is 0 Å². The minimum Gasteiger partial charge on any atom is -0.477 e. The second kappa shape index (κ2) is 8.75. The van der Waals surface area contributed by atoms with Crippen molar-refractivity contribution in [3.05, 3.63) is 28.4 Å². The summed E-state index contributed by atoms with van der Waals surface area (Å²) in [6.45, 7) is 1.53. The normalized spacial score (nSPS) is 21.0. The first-order chi connectivity index (χ1) is 14.2. The highest BCUT2D eigenvalue weighted by atomic mass is 32.2. The van der Waals surface area contributed by atoms with Gasteiger partial charge < -0.3 is 26.6 Å². The van der Waals surface area contributed by atoms with Gasteiger partial charge in [-0.2, -0.15) is 0 Å². The van der Waals surface area contributed by atoms with Crippen molar-refractivity contribution in [2.45, 2.75) is 24.8 Å². The van der Waals surface area contributed by atoms with Crippen LogP contribution in [0.15, 0.2) is 22.7 Å². The molecule has 2 aliphatic rings. The van der Waals surface area contributed by atoms with E-state index in [4.69, 9.17) is 11.5 Å². The lowest BCUT2D eigenvalue weighted by molar-refractivity contribution is -0.150. The molecule has 3 heterocycles. The number of carboxylic acid groups (broad SMARTS) is 1. The third-order valence-corrected chi connectivity index (χ3v) is 6.39. The fourth-order valence-electron chi connectivity index (χ4n) is 3.10. The Kier molecular flexibility index (Phi) is 6.31. The average Bonchev–Trinajstić information content (AvgIpc) is 3.13. The Morgan fingerprint density at radius 3 is 2.77 bits per heavy atom. The molecule has 6 N–H and O–H groups in total. The molecule has 1 aromatic heterocycles. The highest BCUT2D eigenvalue weighted by Crippen LogP contribution is 2.40. The van der Waals surface area contributed by atoms with E-state index in [2.05, 4.69) is 15.0 Å². The van der Waals surface area contributed by atoms with E-state index in [1.165, 1.54) is 23.1 Å². The SMILES string of the molecule is CC/C=C(/C(=O)N[C@H]1C(=O)N2C(C(=O)O)=C(COC(N)=O)CS[C@H]12)c1csc(N)n1. The number of carboxylic acids is 1. The van der Waals surface area contributed by atoms with Crippen molar-refractivity contribution in [3.8, 4) is 0 Å². The van der Waals surface area contributed by atoms with E-state index < -0.39 is 35.3 Å². The average molecular weight is 454 g/mol. The van der Waals surface area contributed by atoms with Crippen LogP contribution >= 0.6 is 23.1 Å². The van der Waals surface area contributed by atoms with Gasteiger partial charge in [0.15, 0.2) is 5.13 Å². The first kappa shape index (κ1) is 21.6. The summed E-state index contributed by atoms with van der Waals surface area (Å²) in [7, 11) is 0. The van der Waals surface area contributed by atoms with Crippen LogP contribution in [0.25, 0.3) is 5.57 Å². The zero-order valence-corrected chi connectivity index (χ0v) is 17.4. The van der Waals surface area contributed by atoms with Gasteiger partial charge in [0.05, 0.1) is 11.3 Å². The molecule has 30 heavy (non-hydrogen) atoms. The number of rotatable bonds is 7. The maximum Gasteiger partial charge on any atom is 0.404 e. The minimum atomic E-state index is -1.33. The van der Waals surface area contributed by atoms with E-state index in [9.17, 15) is 24.3 Å². The molecule has 13 heteroatoms. The number of thiazole rings is 1. The van der Waals surface area contributed by atoms with Crippen LogP contribution in [0, 0.1) is 0 Å². The monoisotopic (exact) mass is 453 g/mol. The van der Waals surface area contributed by atoms with E-state index >= 15 is 0 Å². The highest BCUT2D eigenvalue weighted by molar-refractivity contribution is 8.00. The number of nitrogens with one attached hydrogen (secondary N) is 1. The van der Waals surface area contributed by atoms with Crippen molar-refractivity contribution < 1.29 is 29.0 Å². The van der Waals surface area contributed by atoms with E-state index in [1.54, 1.807) is 11.5 Å². The molecule has 0 unspecified atom stereocenters. The maximum atomic E-state index is 12.8. The third-order valence-electron chi connectivity index (χ3n) is 4.38.